The summed E-state index contributed by atoms with van der Waals surface area (Å²) in [5, 5.41) is 2.99. The maximum atomic E-state index is 12.2. The molecule has 25 heavy (non-hydrogen) atoms. The number of para-hydroxylation sites is 1. The van der Waals surface area contributed by atoms with Crippen molar-refractivity contribution in [2.75, 3.05) is 0 Å². The molecule has 0 amide bonds. The Kier molecular flexibility index (Phi) is 4.46. The Balaban J connectivity index is 1.59. The molecule has 0 aliphatic heterocycles. The Hall–Kier alpha value is -2.69. The smallest absolute Gasteiger partial charge is 0.345 e. The monoisotopic (exact) mass is 362 g/mol. The number of benzene rings is 1. The van der Waals surface area contributed by atoms with Crippen LogP contribution in [-0.2, 0) is 0 Å². The average molecular weight is 362 g/mol. The lowest BCUT2D eigenvalue weighted by Gasteiger charge is -1.99. The summed E-state index contributed by atoms with van der Waals surface area (Å²) in [6, 6.07) is 17.6. The molecule has 3 heterocycles. The van der Waals surface area contributed by atoms with E-state index < -0.39 is 0 Å². The van der Waals surface area contributed by atoms with Crippen LogP contribution in [0.5, 0.6) is 0 Å². The second-order valence-electron chi connectivity index (χ2n) is 5.42. The molecule has 4 aromatic rings. The lowest BCUT2D eigenvalue weighted by Crippen LogP contribution is -2.01. The van der Waals surface area contributed by atoms with Crippen molar-refractivity contribution in [3.8, 4) is 10.4 Å². The van der Waals surface area contributed by atoms with Gasteiger partial charge in [-0.2, -0.15) is 0 Å². The molecule has 0 fully saturated rings. The minimum atomic E-state index is -0.298. The standard InChI is InChI=1S/C21H14O2S2/c22-21-18(14-15-6-1-4-10-19(15)23-21)20-12-11-17(25-20)8-3-2-7-16-9-5-13-24-16/h1-14H/b7-2+,8-3+. The van der Waals surface area contributed by atoms with Crippen LogP contribution in [0, 0.1) is 0 Å². The Bertz CT molecular complexity index is 1110. The first-order chi connectivity index (χ1) is 12.3. The molecule has 2 nitrogen and oxygen atoms in total. The fourth-order valence-corrected chi connectivity index (χ4v) is 4.06. The van der Waals surface area contributed by atoms with Crippen LogP contribution in [0.3, 0.4) is 0 Å². The van der Waals surface area contributed by atoms with Gasteiger partial charge in [0.05, 0.1) is 5.56 Å². The normalized spacial score (nSPS) is 11.8. The molecule has 0 radical (unpaired) electrons. The molecule has 4 heteroatoms. The summed E-state index contributed by atoms with van der Waals surface area (Å²) < 4.78 is 5.42. The van der Waals surface area contributed by atoms with E-state index in [1.165, 1.54) is 4.88 Å². The molecule has 0 aliphatic rings. The fraction of sp³-hybridized carbons (Fsp3) is 0. The summed E-state index contributed by atoms with van der Waals surface area (Å²) in [6.07, 6.45) is 8.16. The Labute approximate surface area is 153 Å². The van der Waals surface area contributed by atoms with Crippen LogP contribution in [-0.4, -0.2) is 0 Å². The zero-order valence-electron chi connectivity index (χ0n) is 13.2. The predicted molar refractivity (Wildman–Crippen MR) is 108 cm³/mol. The van der Waals surface area contributed by atoms with Crippen molar-refractivity contribution in [3.63, 3.8) is 0 Å². The number of fused-ring (bicyclic) bond motifs is 1. The van der Waals surface area contributed by atoms with Gasteiger partial charge in [0.15, 0.2) is 0 Å². The molecule has 0 bridgehead atoms. The molecule has 0 aliphatic carbocycles. The van der Waals surface area contributed by atoms with Gasteiger partial charge in [-0.1, -0.05) is 36.4 Å². The molecule has 0 unspecified atom stereocenters. The third-order valence-corrected chi connectivity index (χ3v) is 5.63. The van der Waals surface area contributed by atoms with Crippen LogP contribution in [0.15, 0.2) is 81.3 Å². The molecule has 0 N–H and O–H groups in total. The Morgan fingerprint density at radius 2 is 1.72 bits per heavy atom. The SMILES string of the molecule is O=c1oc2ccccc2cc1-c1ccc(/C=C/C=C/c2cccs2)s1. The van der Waals surface area contributed by atoms with E-state index in [4.69, 9.17) is 4.42 Å². The molecule has 0 atom stereocenters. The summed E-state index contributed by atoms with van der Waals surface area (Å²) in [5.41, 5.74) is 0.929. The molecule has 0 saturated heterocycles. The topological polar surface area (TPSA) is 30.2 Å². The molecule has 4 rings (SSSR count). The number of thiophene rings is 2. The van der Waals surface area contributed by atoms with Crippen LogP contribution >= 0.6 is 22.7 Å². The van der Waals surface area contributed by atoms with Gasteiger partial charge in [-0.3, -0.25) is 0 Å². The second-order valence-corrected chi connectivity index (χ2v) is 7.52. The van der Waals surface area contributed by atoms with Gasteiger partial charge in [-0.25, -0.2) is 4.79 Å². The summed E-state index contributed by atoms with van der Waals surface area (Å²) in [4.78, 5) is 15.5. The van der Waals surface area contributed by atoms with Gasteiger partial charge in [0, 0.05) is 20.0 Å². The fourth-order valence-electron chi connectivity index (χ4n) is 2.51. The number of hydrogen-bond acceptors (Lipinski definition) is 4. The first kappa shape index (κ1) is 15.8. The van der Waals surface area contributed by atoms with Gasteiger partial charge < -0.3 is 4.42 Å². The molecule has 0 spiro atoms. The van der Waals surface area contributed by atoms with Crippen LogP contribution in [0.1, 0.15) is 9.75 Å². The third-order valence-electron chi connectivity index (χ3n) is 3.71. The van der Waals surface area contributed by atoms with E-state index in [0.717, 1.165) is 15.1 Å². The Morgan fingerprint density at radius 3 is 2.56 bits per heavy atom. The van der Waals surface area contributed by atoms with E-state index in [9.17, 15) is 4.79 Å². The zero-order valence-corrected chi connectivity index (χ0v) is 14.8. The van der Waals surface area contributed by atoms with Gasteiger partial charge >= 0.3 is 5.63 Å². The summed E-state index contributed by atoms with van der Waals surface area (Å²) in [6.45, 7) is 0. The summed E-state index contributed by atoms with van der Waals surface area (Å²) in [5.74, 6) is 0. The second kappa shape index (κ2) is 7.05. The highest BCUT2D eigenvalue weighted by Crippen LogP contribution is 2.28. The van der Waals surface area contributed by atoms with E-state index >= 15 is 0 Å². The lowest BCUT2D eigenvalue weighted by atomic mass is 10.1. The average Bonchev–Trinajstić information content (AvgIpc) is 3.30. The van der Waals surface area contributed by atoms with E-state index in [2.05, 4.69) is 17.5 Å². The summed E-state index contributed by atoms with van der Waals surface area (Å²) in [7, 11) is 0. The predicted octanol–water partition coefficient (Wildman–Crippen LogP) is 6.31. The van der Waals surface area contributed by atoms with E-state index in [0.29, 0.717) is 11.1 Å². The first-order valence-corrected chi connectivity index (χ1v) is 9.50. The highest BCUT2D eigenvalue weighted by atomic mass is 32.1. The lowest BCUT2D eigenvalue weighted by molar-refractivity contribution is 0.564. The van der Waals surface area contributed by atoms with E-state index in [1.54, 1.807) is 22.7 Å². The minimum absolute atomic E-state index is 0.298. The molecular weight excluding hydrogens is 348 g/mol. The molecule has 122 valence electrons. The quantitative estimate of drug-likeness (QED) is 0.314. The van der Waals surface area contributed by atoms with Gasteiger partial charge in [0.25, 0.3) is 0 Å². The van der Waals surface area contributed by atoms with Crippen LogP contribution in [0.25, 0.3) is 33.6 Å². The van der Waals surface area contributed by atoms with E-state index in [-0.39, 0.29) is 5.63 Å². The highest BCUT2D eigenvalue weighted by Gasteiger charge is 2.09. The van der Waals surface area contributed by atoms with Crippen molar-refractivity contribution in [2.45, 2.75) is 0 Å². The van der Waals surface area contributed by atoms with Crippen molar-refractivity contribution in [2.24, 2.45) is 0 Å². The minimum Gasteiger partial charge on any atom is -0.422 e. The van der Waals surface area contributed by atoms with Crippen molar-refractivity contribution in [3.05, 3.63) is 92.3 Å². The Morgan fingerprint density at radius 1 is 0.880 bits per heavy atom. The molecule has 0 saturated carbocycles. The summed E-state index contributed by atoms with van der Waals surface area (Å²) >= 11 is 3.29. The van der Waals surface area contributed by atoms with Crippen LogP contribution in [0.2, 0.25) is 0 Å². The van der Waals surface area contributed by atoms with Crippen LogP contribution < -0.4 is 5.63 Å². The van der Waals surface area contributed by atoms with Crippen molar-refractivity contribution >= 4 is 45.8 Å². The van der Waals surface area contributed by atoms with Gasteiger partial charge in [-0.05, 0) is 47.9 Å². The van der Waals surface area contributed by atoms with Crippen LogP contribution in [0.4, 0.5) is 0 Å². The first-order valence-electron chi connectivity index (χ1n) is 7.81. The number of hydrogen-bond donors (Lipinski definition) is 0. The number of allylic oxidation sites excluding steroid dienone is 2. The largest absolute Gasteiger partial charge is 0.422 e. The molecule has 1 aromatic carbocycles. The van der Waals surface area contributed by atoms with Gasteiger partial charge in [0.1, 0.15) is 5.58 Å². The molecule has 3 aromatic heterocycles. The molecular formula is C21H14O2S2. The van der Waals surface area contributed by atoms with Crippen molar-refractivity contribution in [1.29, 1.82) is 0 Å². The zero-order chi connectivity index (χ0) is 17.1. The van der Waals surface area contributed by atoms with Crippen molar-refractivity contribution < 1.29 is 4.42 Å². The van der Waals surface area contributed by atoms with Gasteiger partial charge in [-0.15, -0.1) is 22.7 Å². The highest BCUT2D eigenvalue weighted by molar-refractivity contribution is 7.16. The van der Waals surface area contributed by atoms with Crippen molar-refractivity contribution in [1.82, 2.24) is 0 Å². The third kappa shape index (κ3) is 3.55. The van der Waals surface area contributed by atoms with E-state index in [1.807, 2.05) is 66.8 Å². The van der Waals surface area contributed by atoms with Gasteiger partial charge in [0.2, 0.25) is 0 Å². The number of rotatable bonds is 4. The maximum Gasteiger partial charge on any atom is 0.345 e. The maximum absolute atomic E-state index is 12.2.